The number of hydrogen-bond donors (Lipinski definition) is 1. The van der Waals surface area contributed by atoms with Crippen molar-refractivity contribution in [1.29, 1.82) is 0 Å². The zero-order valence-corrected chi connectivity index (χ0v) is 15.8. The molecule has 6 heteroatoms. The first-order chi connectivity index (χ1) is 13.8. The number of thioether (sulfide) groups is 1. The second-order valence-corrected chi connectivity index (χ2v) is 8.00. The molecule has 0 saturated heterocycles. The molecule has 3 heterocycles. The number of nitrogens with zero attached hydrogens (tertiary/aromatic N) is 3. The SMILES string of the molecule is O=c1nc2n(c3ncccc13)C(c1ccccc1)C(Sc1ccccc1)CN2. The molecule has 0 bridgehead atoms. The molecule has 5 nitrogen and oxygen atoms in total. The summed E-state index contributed by atoms with van der Waals surface area (Å²) in [7, 11) is 0. The highest BCUT2D eigenvalue weighted by Gasteiger charge is 2.33. The van der Waals surface area contributed by atoms with Crippen LogP contribution in [-0.4, -0.2) is 26.3 Å². The van der Waals surface area contributed by atoms with Gasteiger partial charge in [0.25, 0.3) is 5.56 Å². The highest BCUT2D eigenvalue weighted by Crippen LogP contribution is 2.39. The van der Waals surface area contributed by atoms with E-state index in [0.717, 1.165) is 0 Å². The van der Waals surface area contributed by atoms with Crippen LogP contribution in [0.4, 0.5) is 5.95 Å². The summed E-state index contributed by atoms with van der Waals surface area (Å²) in [5.74, 6) is 0.579. The molecular weight excluding hydrogens is 368 g/mol. The Morgan fingerprint density at radius 3 is 2.50 bits per heavy atom. The summed E-state index contributed by atoms with van der Waals surface area (Å²) in [5.41, 5.74) is 1.59. The number of fused-ring (bicyclic) bond motifs is 3. The predicted octanol–water partition coefficient (Wildman–Crippen LogP) is 3.97. The quantitative estimate of drug-likeness (QED) is 0.577. The summed E-state index contributed by atoms with van der Waals surface area (Å²) in [4.78, 5) is 22.5. The number of aromatic nitrogens is 3. The van der Waals surface area contributed by atoms with E-state index in [-0.39, 0.29) is 16.9 Å². The van der Waals surface area contributed by atoms with Crippen LogP contribution < -0.4 is 10.9 Å². The number of benzene rings is 2. The Labute approximate surface area is 166 Å². The Morgan fingerprint density at radius 2 is 1.71 bits per heavy atom. The number of rotatable bonds is 3. The molecule has 1 aliphatic heterocycles. The third-order valence-corrected chi connectivity index (χ3v) is 6.22. The van der Waals surface area contributed by atoms with Gasteiger partial charge in [-0.15, -0.1) is 11.8 Å². The van der Waals surface area contributed by atoms with Crippen LogP contribution in [0.25, 0.3) is 11.0 Å². The second kappa shape index (κ2) is 7.13. The minimum Gasteiger partial charge on any atom is -0.354 e. The number of hydrogen-bond acceptors (Lipinski definition) is 5. The molecule has 5 rings (SSSR count). The molecule has 0 fully saturated rings. The first kappa shape index (κ1) is 17.0. The average molecular weight is 386 g/mol. The number of anilines is 1. The van der Waals surface area contributed by atoms with Gasteiger partial charge < -0.3 is 5.32 Å². The molecule has 2 unspecified atom stereocenters. The molecule has 1 aliphatic rings. The topological polar surface area (TPSA) is 59.8 Å². The van der Waals surface area contributed by atoms with Crippen LogP contribution in [0, 0.1) is 0 Å². The van der Waals surface area contributed by atoms with E-state index in [9.17, 15) is 4.79 Å². The van der Waals surface area contributed by atoms with E-state index in [1.165, 1.54) is 10.5 Å². The molecule has 138 valence electrons. The molecule has 0 spiro atoms. The Balaban J connectivity index is 1.71. The van der Waals surface area contributed by atoms with Gasteiger partial charge in [0, 0.05) is 17.6 Å². The molecule has 2 atom stereocenters. The largest absolute Gasteiger partial charge is 0.354 e. The summed E-state index contributed by atoms with van der Waals surface area (Å²) in [6, 6.07) is 24.3. The van der Waals surface area contributed by atoms with Crippen molar-refractivity contribution in [3.05, 3.63) is 94.9 Å². The Morgan fingerprint density at radius 1 is 0.964 bits per heavy atom. The second-order valence-electron chi connectivity index (χ2n) is 6.69. The molecule has 0 aliphatic carbocycles. The van der Waals surface area contributed by atoms with Crippen molar-refractivity contribution in [2.24, 2.45) is 0 Å². The molecule has 0 radical (unpaired) electrons. The van der Waals surface area contributed by atoms with E-state index in [2.05, 4.69) is 56.3 Å². The van der Waals surface area contributed by atoms with E-state index < -0.39 is 0 Å². The van der Waals surface area contributed by atoms with Gasteiger partial charge in [0.2, 0.25) is 5.95 Å². The maximum atomic E-state index is 12.5. The van der Waals surface area contributed by atoms with Crippen LogP contribution in [0.15, 0.2) is 88.7 Å². The van der Waals surface area contributed by atoms with E-state index in [1.807, 2.05) is 36.0 Å². The van der Waals surface area contributed by atoms with Crippen molar-refractivity contribution in [3.8, 4) is 0 Å². The zero-order chi connectivity index (χ0) is 18.9. The van der Waals surface area contributed by atoms with Crippen molar-refractivity contribution in [2.45, 2.75) is 16.2 Å². The summed E-state index contributed by atoms with van der Waals surface area (Å²) in [6.07, 6.45) is 1.73. The van der Waals surface area contributed by atoms with Gasteiger partial charge in [-0.1, -0.05) is 48.5 Å². The van der Waals surface area contributed by atoms with Gasteiger partial charge in [0.15, 0.2) is 0 Å². The Hall–Kier alpha value is -3.12. The molecular formula is C22H18N4OS. The smallest absolute Gasteiger partial charge is 0.283 e. The lowest BCUT2D eigenvalue weighted by Crippen LogP contribution is -2.38. The average Bonchev–Trinajstić information content (AvgIpc) is 2.75. The Bertz CT molecular complexity index is 1180. The fraction of sp³-hybridized carbons (Fsp3) is 0.136. The lowest BCUT2D eigenvalue weighted by molar-refractivity contribution is 0.544. The van der Waals surface area contributed by atoms with E-state index in [0.29, 0.717) is 23.5 Å². The monoisotopic (exact) mass is 386 g/mol. The fourth-order valence-electron chi connectivity index (χ4n) is 3.72. The third-order valence-electron chi connectivity index (χ3n) is 4.94. The van der Waals surface area contributed by atoms with Gasteiger partial charge in [-0.25, -0.2) is 4.98 Å². The van der Waals surface area contributed by atoms with Gasteiger partial charge in [0.05, 0.1) is 16.7 Å². The summed E-state index contributed by atoms with van der Waals surface area (Å²) < 4.78 is 2.08. The molecule has 28 heavy (non-hydrogen) atoms. The van der Waals surface area contributed by atoms with E-state index >= 15 is 0 Å². The first-order valence-corrected chi connectivity index (χ1v) is 10.1. The highest BCUT2D eigenvalue weighted by atomic mass is 32.2. The molecule has 0 amide bonds. The van der Waals surface area contributed by atoms with Crippen LogP contribution in [0.5, 0.6) is 0 Å². The highest BCUT2D eigenvalue weighted by molar-refractivity contribution is 8.00. The minimum atomic E-state index is -0.247. The maximum absolute atomic E-state index is 12.5. The fourth-order valence-corrected chi connectivity index (χ4v) is 4.96. The van der Waals surface area contributed by atoms with Gasteiger partial charge in [-0.3, -0.25) is 9.36 Å². The summed E-state index contributed by atoms with van der Waals surface area (Å²) in [6.45, 7) is 0.712. The standard InChI is InChI=1S/C22H18N4OS/c27-21-17-12-7-13-23-20(17)26-19(15-8-3-1-4-9-15)18(14-24-22(26)25-21)28-16-10-5-2-6-11-16/h1-13,18-19H,14H2,(H,24,25,27). The predicted molar refractivity (Wildman–Crippen MR) is 113 cm³/mol. The van der Waals surface area contributed by atoms with Crippen LogP contribution >= 0.6 is 11.8 Å². The Kier molecular flexibility index (Phi) is 4.33. The van der Waals surface area contributed by atoms with E-state index in [4.69, 9.17) is 0 Å². The van der Waals surface area contributed by atoms with Crippen LogP contribution in [0.1, 0.15) is 11.6 Å². The van der Waals surface area contributed by atoms with Gasteiger partial charge in [-0.05, 0) is 29.8 Å². The summed E-state index contributed by atoms with van der Waals surface area (Å²) >= 11 is 1.83. The van der Waals surface area contributed by atoms with Gasteiger partial charge >= 0.3 is 0 Å². The molecule has 0 saturated carbocycles. The molecule has 2 aromatic carbocycles. The van der Waals surface area contributed by atoms with Crippen LogP contribution in [0.3, 0.4) is 0 Å². The third kappa shape index (κ3) is 2.96. The molecule has 4 aromatic rings. The van der Waals surface area contributed by atoms with Crippen molar-refractivity contribution < 1.29 is 0 Å². The van der Waals surface area contributed by atoms with Gasteiger partial charge in [0.1, 0.15) is 5.65 Å². The summed E-state index contributed by atoms with van der Waals surface area (Å²) in [5, 5.41) is 4.11. The van der Waals surface area contributed by atoms with Crippen molar-refractivity contribution >= 4 is 28.7 Å². The van der Waals surface area contributed by atoms with Crippen LogP contribution in [0.2, 0.25) is 0 Å². The van der Waals surface area contributed by atoms with Gasteiger partial charge in [-0.2, -0.15) is 4.98 Å². The van der Waals surface area contributed by atoms with Crippen molar-refractivity contribution in [1.82, 2.24) is 14.5 Å². The van der Waals surface area contributed by atoms with Crippen molar-refractivity contribution in [3.63, 3.8) is 0 Å². The zero-order valence-electron chi connectivity index (χ0n) is 15.0. The van der Waals surface area contributed by atoms with E-state index in [1.54, 1.807) is 18.3 Å². The first-order valence-electron chi connectivity index (χ1n) is 9.19. The minimum absolute atomic E-state index is 0.00755. The lowest BCUT2D eigenvalue weighted by Gasteiger charge is -2.36. The normalized spacial score (nSPS) is 18.4. The van der Waals surface area contributed by atoms with Crippen LogP contribution in [-0.2, 0) is 0 Å². The molecule has 1 N–H and O–H groups in total. The lowest BCUT2D eigenvalue weighted by atomic mass is 10.0. The molecule has 2 aromatic heterocycles. The van der Waals surface area contributed by atoms with Crippen molar-refractivity contribution in [2.75, 3.05) is 11.9 Å². The number of pyridine rings is 1. The maximum Gasteiger partial charge on any atom is 0.283 e. The number of nitrogens with one attached hydrogen (secondary N) is 1.